The summed E-state index contributed by atoms with van der Waals surface area (Å²) in [6, 6.07) is 0.740. The van der Waals surface area contributed by atoms with Crippen LogP contribution in [-0.4, -0.2) is 24.3 Å². The molecule has 0 aliphatic heterocycles. The Hall–Kier alpha value is -0.0800. The van der Waals surface area contributed by atoms with Crippen LogP contribution in [0.5, 0.6) is 0 Å². The maximum atomic E-state index is 9.39. The predicted octanol–water partition coefficient (Wildman–Crippen LogP) is 2.17. The zero-order valence-corrected chi connectivity index (χ0v) is 9.84. The van der Waals surface area contributed by atoms with E-state index in [1.54, 1.807) is 0 Å². The standard InChI is InChI=1S/C12H25NO/c1-4-10-7-11(10)13-8-12(5-2,6-3)9-14/h10-11,13-14H,4-9H2,1-3H3. The van der Waals surface area contributed by atoms with Gasteiger partial charge in [-0.15, -0.1) is 0 Å². The summed E-state index contributed by atoms with van der Waals surface area (Å²) in [5, 5.41) is 13.0. The molecule has 14 heavy (non-hydrogen) atoms. The van der Waals surface area contributed by atoms with Crippen molar-refractivity contribution in [3.05, 3.63) is 0 Å². The third-order valence-electron chi connectivity index (χ3n) is 4.02. The van der Waals surface area contributed by atoms with E-state index in [4.69, 9.17) is 0 Å². The Balaban J connectivity index is 2.27. The Morgan fingerprint density at radius 1 is 1.29 bits per heavy atom. The molecule has 0 aromatic heterocycles. The maximum Gasteiger partial charge on any atom is 0.0499 e. The monoisotopic (exact) mass is 199 g/mol. The second-order valence-corrected chi connectivity index (χ2v) is 4.76. The van der Waals surface area contributed by atoms with Gasteiger partial charge in [0.1, 0.15) is 0 Å². The fourth-order valence-electron chi connectivity index (χ4n) is 2.08. The van der Waals surface area contributed by atoms with Crippen LogP contribution in [-0.2, 0) is 0 Å². The largest absolute Gasteiger partial charge is 0.396 e. The molecule has 0 heterocycles. The zero-order valence-electron chi connectivity index (χ0n) is 9.84. The van der Waals surface area contributed by atoms with Crippen molar-refractivity contribution in [1.29, 1.82) is 0 Å². The summed E-state index contributed by atoms with van der Waals surface area (Å²) in [7, 11) is 0. The normalized spacial score (nSPS) is 26.6. The summed E-state index contributed by atoms with van der Waals surface area (Å²) in [4.78, 5) is 0. The highest BCUT2D eigenvalue weighted by molar-refractivity contribution is 4.93. The Kier molecular flexibility index (Phi) is 4.39. The molecule has 2 nitrogen and oxygen atoms in total. The molecule has 1 aliphatic rings. The van der Waals surface area contributed by atoms with E-state index >= 15 is 0 Å². The van der Waals surface area contributed by atoms with Crippen molar-refractivity contribution in [3.63, 3.8) is 0 Å². The maximum absolute atomic E-state index is 9.39. The summed E-state index contributed by atoms with van der Waals surface area (Å²) in [6.45, 7) is 7.90. The van der Waals surface area contributed by atoms with E-state index in [1.807, 2.05) is 0 Å². The number of hydrogen-bond donors (Lipinski definition) is 2. The number of rotatable bonds is 7. The number of aliphatic hydroxyl groups excluding tert-OH is 1. The summed E-state index contributed by atoms with van der Waals surface area (Å²) < 4.78 is 0. The van der Waals surface area contributed by atoms with Gasteiger partial charge in [-0.3, -0.25) is 0 Å². The van der Waals surface area contributed by atoms with Gasteiger partial charge < -0.3 is 10.4 Å². The molecule has 0 saturated heterocycles. The van der Waals surface area contributed by atoms with Gasteiger partial charge in [0, 0.05) is 24.6 Å². The molecule has 0 aromatic rings. The number of hydrogen-bond acceptors (Lipinski definition) is 2. The minimum atomic E-state index is 0.126. The van der Waals surface area contributed by atoms with Gasteiger partial charge in [0.2, 0.25) is 0 Å². The van der Waals surface area contributed by atoms with E-state index in [9.17, 15) is 5.11 Å². The zero-order chi connectivity index (χ0) is 10.6. The minimum Gasteiger partial charge on any atom is -0.396 e. The number of nitrogens with one attached hydrogen (secondary N) is 1. The summed E-state index contributed by atoms with van der Waals surface area (Å²) in [5.74, 6) is 0.903. The Bertz CT molecular complexity index is 157. The second kappa shape index (κ2) is 5.13. The van der Waals surface area contributed by atoms with Gasteiger partial charge in [0.15, 0.2) is 0 Å². The third-order valence-corrected chi connectivity index (χ3v) is 4.02. The van der Waals surface area contributed by atoms with Crippen LogP contribution in [0.15, 0.2) is 0 Å². The fourth-order valence-corrected chi connectivity index (χ4v) is 2.08. The lowest BCUT2D eigenvalue weighted by molar-refractivity contribution is 0.112. The van der Waals surface area contributed by atoms with Crippen LogP contribution in [0, 0.1) is 11.3 Å². The molecule has 1 rings (SSSR count). The SMILES string of the molecule is CCC1CC1NCC(CC)(CC)CO. The van der Waals surface area contributed by atoms with Gasteiger partial charge in [-0.05, 0) is 25.2 Å². The smallest absolute Gasteiger partial charge is 0.0499 e. The first kappa shape index (κ1) is 12.0. The first-order valence-electron chi connectivity index (χ1n) is 6.05. The number of aliphatic hydroxyl groups is 1. The molecule has 0 bridgehead atoms. The van der Waals surface area contributed by atoms with Crippen molar-refractivity contribution in [2.24, 2.45) is 11.3 Å². The first-order valence-corrected chi connectivity index (χ1v) is 6.05. The molecular formula is C12H25NO. The molecule has 1 aliphatic carbocycles. The molecule has 0 radical (unpaired) electrons. The van der Waals surface area contributed by atoms with Crippen LogP contribution in [0.3, 0.4) is 0 Å². The molecule has 0 amide bonds. The van der Waals surface area contributed by atoms with E-state index in [2.05, 4.69) is 26.1 Å². The third kappa shape index (κ3) is 2.71. The van der Waals surface area contributed by atoms with Gasteiger partial charge in [-0.1, -0.05) is 27.2 Å². The lowest BCUT2D eigenvalue weighted by atomic mass is 9.83. The van der Waals surface area contributed by atoms with Crippen LogP contribution < -0.4 is 5.32 Å². The van der Waals surface area contributed by atoms with Crippen LogP contribution in [0.2, 0.25) is 0 Å². The van der Waals surface area contributed by atoms with Crippen LogP contribution in [0.25, 0.3) is 0 Å². The highest BCUT2D eigenvalue weighted by Crippen LogP contribution is 2.34. The van der Waals surface area contributed by atoms with Crippen LogP contribution in [0.4, 0.5) is 0 Å². The van der Waals surface area contributed by atoms with Crippen LogP contribution >= 0.6 is 0 Å². The molecule has 2 N–H and O–H groups in total. The van der Waals surface area contributed by atoms with Crippen molar-refractivity contribution >= 4 is 0 Å². The van der Waals surface area contributed by atoms with E-state index in [1.165, 1.54) is 12.8 Å². The average molecular weight is 199 g/mol. The molecule has 0 aromatic carbocycles. The van der Waals surface area contributed by atoms with E-state index < -0.39 is 0 Å². The second-order valence-electron chi connectivity index (χ2n) is 4.76. The molecule has 2 atom stereocenters. The summed E-state index contributed by atoms with van der Waals surface area (Å²) in [6.07, 6.45) is 4.76. The average Bonchev–Trinajstić information content (AvgIpc) is 3.00. The molecule has 2 unspecified atom stereocenters. The van der Waals surface area contributed by atoms with Gasteiger partial charge in [0.05, 0.1) is 0 Å². The van der Waals surface area contributed by atoms with Gasteiger partial charge in [-0.2, -0.15) is 0 Å². The highest BCUT2D eigenvalue weighted by Gasteiger charge is 2.36. The fraction of sp³-hybridized carbons (Fsp3) is 1.00. The Labute approximate surface area is 88.1 Å². The van der Waals surface area contributed by atoms with Crippen LogP contribution in [0.1, 0.15) is 46.5 Å². The molecular weight excluding hydrogens is 174 g/mol. The van der Waals surface area contributed by atoms with Crippen molar-refractivity contribution in [3.8, 4) is 0 Å². The van der Waals surface area contributed by atoms with Gasteiger partial charge in [-0.25, -0.2) is 0 Å². The predicted molar refractivity (Wildman–Crippen MR) is 60.3 cm³/mol. The van der Waals surface area contributed by atoms with Crippen molar-refractivity contribution < 1.29 is 5.11 Å². The van der Waals surface area contributed by atoms with E-state index in [-0.39, 0.29) is 5.41 Å². The lowest BCUT2D eigenvalue weighted by Crippen LogP contribution is -2.37. The van der Waals surface area contributed by atoms with E-state index in [0.717, 1.165) is 31.3 Å². The molecule has 0 spiro atoms. The first-order chi connectivity index (χ1) is 6.71. The van der Waals surface area contributed by atoms with E-state index in [0.29, 0.717) is 6.61 Å². The minimum absolute atomic E-state index is 0.126. The topological polar surface area (TPSA) is 32.3 Å². The molecule has 1 fully saturated rings. The highest BCUT2D eigenvalue weighted by atomic mass is 16.3. The molecule has 84 valence electrons. The Morgan fingerprint density at radius 3 is 2.29 bits per heavy atom. The lowest BCUT2D eigenvalue weighted by Gasteiger charge is -2.29. The van der Waals surface area contributed by atoms with Crippen molar-refractivity contribution in [1.82, 2.24) is 5.32 Å². The van der Waals surface area contributed by atoms with Crippen molar-refractivity contribution in [2.75, 3.05) is 13.2 Å². The summed E-state index contributed by atoms with van der Waals surface area (Å²) in [5.41, 5.74) is 0.126. The summed E-state index contributed by atoms with van der Waals surface area (Å²) >= 11 is 0. The van der Waals surface area contributed by atoms with Crippen molar-refractivity contribution in [2.45, 2.75) is 52.5 Å². The van der Waals surface area contributed by atoms with Gasteiger partial charge in [0.25, 0.3) is 0 Å². The quantitative estimate of drug-likeness (QED) is 0.658. The Morgan fingerprint density at radius 2 is 1.93 bits per heavy atom. The molecule has 1 saturated carbocycles. The molecule has 2 heteroatoms. The van der Waals surface area contributed by atoms with Gasteiger partial charge >= 0.3 is 0 Å².